The maximum Gasteiger partial charge on any atom is 0.331 e. The van der Waals surface area contributed by atoms with Crippen LogP contribution in [-0.2, 0) is 19.1 Å². The zero-order chi connectivity index (χ0) is 18.1. The fraction of sp³-hybridized carbons (Fsp3) is 0.684. The number of carbonyl (C=O) groups is 2. The van der Waals surface area contributed by atoms with Crippen molar-refractivity contribution >= 4 is 11.9 Å². The Kier molecular flexibility index (Phi) is 3.48. The van der Waals surface area contributed by atoms with Crippen molar-refractivity contribution in [1.82, 2.24) is 0 Å². The van der Waals surface area contributed by atoms with Gasteiger partial charge in [0.25, 0.3) is 0 Å². The molecule has 2 N–H and O–H groups in total. The van der Waals surface area contributed by atoms with Crippen molar-refractivity contribution in [2.75, 3.05) is 6.61 Å². The molecule has 2 aliphatic heterocycles. The summed E-state index contributed by atoms with van der Waals surface area (Å²) >= 11 is 0. The van der Waals surface area contributed by atoms with Crippen LogP contribution in [0.5, 0.6) is 0 Å². The van der Waals surface area contributed by atoms with Crippen LogP contribution in [0.1, 0.15) is 33.6 Å². The number of aliphatic hydroxyl groups is 2. The van der Waals surface area contributed by atoms with E-state index in [1.807, 2.05) is 19.9 Å². The molecule has 1 saturated heterocycles. The van der Waals surface area contributed by atoms with Crippen molar-refractivity contribution in [1.29, 1.82) is 0 Å². The van der Waals surface area contributed by atoms with Crippen LogP contribution < -0.4 is 0 Å². The van der Waals surface area contributed by atoms with E-state index in [0.29, 0.717) is 12.8 Å². The Morgan fingerprint density at radius 3 is 2.72 bits per heavy atom. The van der Waals surface area contributed by atoms with Gasteiger partial charge in [0.05, 0.1) is 11.5 Å². The van der Waals surface area contributed by atoms with Crippen LogP contribution in [0.25, 0.3) is 0 Å². The summed E-state index contributed by atoms with van der Waals surface area (Å²) in [5.41, 5.74) is 0.0526. The molecule has 7 unspecified atom stereocenters. The highest BCUT2D eigenvalue weighted by Crippen LogP contribution is 2.64. The molecule has 2 aliphatic carbocycles. The average molecular weight is 348 g/mol. The van der Waals surface area contributed by atoms with Crippen LogP contribution in [0.2, 0.25) is 0 Å². The van der Waals surface area contributed by atoms with E-state index in [4.69, 9.17) is 9.47 Å². The first-order valence-electron chi connectivity index (χ1n) is 8.88. The Balaban J connectivity index is 1.92. The maximum absolute atomic E-state index is 12.6. The molecule has 0 aromatic carbocycles. The third-order valence-electron chi connectivity index (χ3n) is 6.85. The van der Waals surface area contributed by atoms with E-state index >= 15 is 0 Å². The summed E-state index contributed by atoms with van der Waals surface area (Å²) in [6.45, 7) is 5.50. The maximum atomic E-state index is 12.6. The van der Waals surface area contributed by atoms with E-state index in [1.54, 1.807) is 6.92 Å². The predicted octanol–water partition coefficient (Wildman–Crippen LogP) is 1.12. The van der Waals surface area contributed by atoms with Gasteiger partial charge in [0.1, 0.15) is 12.2 Å². The average Bonchev–Trinajstić information content (AvgIpc) is 2.83. The molecule has 2 heterocycles. The predicted molar refractivity (Wildman–Crippen MR) is 87.1 cm³/mol. The number of fused-ring (bicyclic) bond motifs is 2. The molecule has 0 amide bonds. The van der Waals surface area contributed by atoms with Gasteiger partial charge in [0.15, 0.2) is 0 Å². The normalized spacial score (nSPS) is 46.3. The van der Waals surface area contributed by atoms with Gasteiger partial charge < -0.3 is 19.7 Å². The molecule has 7 atom stereocenters. The zero-order valence-corrected chi connectivity index (χ0v) is 14.7. The fourth-order valence-electron chi connectivity index (χ4n) is 5.42. The number of hydrogen-bond donors (Lipinski definition) is 2. The van der Waals surface area contributed by atoms with Gasteiger partial charge in [-0.15, -0.1) is 0 Å². The van der Waals surface area contributed by atoms with Crippen LogP contribution >= 0.6 is 0 Å². The number of hydrogen-bond acceptors (Lipinski definition) is 6. The third-order valence-corrected chi connectivity index (χ3v) is 6.85. The summed E-state index contributed by atoms with van der Waals surface area (Å²) in [5.74, 6) is -1.22. The molecule has 0 aromatic rings. The molecule has 0 aromatic heterocycles. The molecule has 6 nitrogen and oxygen atoms in total. The monoisotopic (exact) mass is 348 g/mol. The van der Waals surface area contributed by atoms with Crippen LogP contribution in [-0.4, -0.2) is 47.1 Å². The zero-order valence-electron chi connectivity index (χ0n) is 14.7. The van der Waals surface area contributed by atoms with Gasteiger partial charge in [-0.05, 0) is 37.0 Å². The van der Waals surface area contributed by atoms with Crippen molar-refractivity contribution in [3.63, 3.8) is 0 Å². The van der Waals surface area contributed by atoms with Crippen LogP contribution in [0.4, 0.5) is 0 Å². The van der Waals surface area contributed by atoms with E-state index < -0.39 is 35.1 Å². The number of aliphatic hydroxyl groups excluding tert-OH is 2. The van der Waals surface area contributed by atoms with Crippen molar-refractivity contribution in [2.24, 2.45) is 22.7 Å². The Bertz CT molecular complexity index is 709. The second-order valence-corrected chi connectivity index (χ2v) is 8.30. The fourth-order valence-corrected chi connectivity index (χ4v) is 5.42. The SMILES string of the molecule is CC(CO)C1OC(=O)C=C2C1=CC1OC(=O)C3(C)CCC(O)C2(C)C13. The molecule has 1 saturated carbocycles. The molecule has 25 heavy (non-hydrogen) atoms. The largest absolute Gasteiger partial charge is 0.457 e. The molecule has 4 rings (SSSR count). The van der Waals surface area contributed by atoms with Crippen molar-refractivity contribution in [2.45, 2.75) is 51.9 Å². The smallest absolute Gasteiger partial charge is 0.331 e. The van der Waals surface area contributed by atoms with Gasteiger partial charge in [-0.3, -0.25) is 4.79 Å². The molecule has 6 heteroatoms. The minimum atomic E-state index is -0.763. The Morgan fingerprint density at radius 2 is 2.04 bits per heavy atom. The van der Waals surface area contributed by atoms with Crippen molar-refractivity contribution in [3.8, 4) is 0 Å². The quantitative estimate of drug-likeness (QED) is 0.727. The highest BCUT2D eigenvalue weighted by Gasteiger charge is 2.68. The summed E-state index contributed by atoms with van der Waals surface area (Å²) in [6, 6.07) is 0. The van der Waals surface area contributed by atoms with Crippen LogP contribution in [0.15, 0.2) is 23.3 Å². The molecule has 136 valence electrons. The highest BCUT2D eigenvalue weighted by molar-refractivity contribution is 5.88. The number of cyclic esters (lactones) is 1. The Morgan fingerprint density at radius 1 is 1.32 bits per heavy atom. The first kappa shape index (κ1) is 16.8. The van der Waals surface area contributed by atoms with E-state index in [-0.39, 0.29) is 24.4 Å². The molecule has 0 radical (unpaired) electrons. The van der Waals surface area contributed by atoms with Gasteiger partial charge in [0, 0.05) is 29.9 Å². The molecular formula is C19H24O6. The standard InChI is InChI=1S/C19H24O6/c1-9(8-20)15-10-6-12-16-18(2,17(23)24-12)5-4-13(21)19(16,3)11(10)7-14(22)25-15/h6-7,9,12-13,15-16,20-21H,4-5,8H2,1-3H3. The second kappa shape index (κ2) is 5.17. The lowest BCUT2D eigenvalue weighted by Gasteiger charge is -2.55. The van der Waals surface area contributed by atoms with E-state index in [2.05, 4.69) is 0 Å². The molecule has 0 spiro atoms. The van der Waals surface area contributed by atoms with Gasteiger partial charge in [0.2, 0.25) is 0 Å². The van der Waals surface area contributed by atoms with Gasteiger partial charge >= 0.3 is 11.9 Å². The van der Waals surface area contributed by atoms with Gasteiger partial charge in [-0.1, -0.05) is 13.8 Å². The van der Waals surface area contributed by atoms with Crippen molar-refractivity contribution < 1.29 is 29.3 Å². The summed E-state index contributed by atoms with van der Waals surface area (Å²) in [6.07, 6.45) is 2.63. The molecule has 4 aliphatic rings. The summed E-state index contributed by atoms with van der Waals surface area (Å²) in [5, 5.41) is 20.5. The summed E-state index contributed by atoms with van der Waals surface area (Å²) in [4.78, 5) is 24.8. The third kappa shape index (κ3) is 1.98. The minimum Gasteiger partial charge on any atom is -0.457 e. The molecular weight excluding hydrogens is 324 g/mol. The summed E-state index contributed by atoms with van der Waals surface area (Å²) in [7, 11) is 0. The van der Waals surface area contributed by atoms with Crippen LogP contribution in [0.3, 0.4) is 0 Å². The second-order valence-electron chi connectivity index (χ2n) is 8.30. The highest BCUT2D eigenvalue weighted by atomic mass is 16.6. The first-order valence-corrected chi connectivity index (χ1v) is 8.88. The number of ether oxygens (including phenoxy) is 2. The van der Waals surface area contributed by atoms with E-state index in [0.717, 1.165) is 11.1 Å². The lowest BCUT2D eigenvalue weighted by molar-refractivity contribution is -0.149. The number of esters is 2. The first-order chi connectivity index (χ1) is 11.7. The summed E-state index contributed by atoms with van der Waals surface area (Å²) < 4.78 is 11.1. The lowest BCUT2D eigenvalue weighted by Crippen LogP contribution is -2.57. The number of carbonyl (C=O) groups excluding carboxylic acids is 2. The van der Waals surface area contributed by atoms with E-state index in [1.165, 1.54) is 6.08 Å². The van der Waals surface area contributed by atoms with Crippen molar-refractivity contribution in [3.05, 3.63) is 23.3 Å². The van der Waals surface area contributed by atoms with Gasteiger partial charge in [-0.2, -0.15) is 0 Å². The topological polar surface area (TPSA) is 93.1 Å². The Hall–Kier alpha value is -1.66. The molecule has 0 bridgehead atoms. The number of rotatable bonds is 2. The molecule has 2 fully saturated rings. The Labute approximate surface area is 146 Å². The lowest BCUT2D eigenvalue weighted by atomic mass is 9.48. The van der Waals surface area contributed by atoms with Gasteiger partial charge in [-0.25, -0.2) is 4.79 Å². The minimum absolute atomic E-state index is 0.132. The van der Waals surface area contributed by atoms with E-state index in [9.17, 15) is 19.8 Å². The van der Waals surface area contributed by atoms with Crippen LogP contribution in [0, 0.1) is 22.7 Å².